The summed E-state index contributed by atoms with van der Waals surface area (Å²) in [6.45, 7) is 0.432. The van der Waals surface area contributed by atoms with Gasteiger partial charge >= 0.3 is 0 Å². The molecule has 0 saturated heterocycles. The fourth-order valence-corrected chi connectivity index (χ4v) is 5.48. The number of benzene rings is 2. The summed E-state index contributed by atoms with van der Waals surface area (Å²) >= 11 is 1.76. The number of fused-ring (bicyclic) bond motifs is 2. The number of rotatable bonds is 8. The third kappa shape index (κ3) is 4.06. The van der Waals surface area contributed by atoms with Crippen molar-refractivity contribution in [3.63, 3.8) is 0 Å². The molecule has 0 aliphatic rings. The van der Waals surface area contributed by atoms with Crippen LogP contribution in [0.5, 0.6) is 0 Å². The minimum Gasteiger partial charge on any atom is -0.294 e. The van der Waals surface area contributed by atoms with E-state index in [-0.39, 0.29) is 0 Å². The minimum absolute atomic E-state index is 0.340. The Labute approximate surface area is 168 Å². The predicted octanol–water partition coefficient (Wildman–Crippen LogP) is 4.34. The van der Waals surface area contributed by atoms with Crippen molar-refractivity contribution in [3.05, 3.63) is 73.1 Å². The van der Waals surface area contributed by atoms with Crippen molar-refractivity contribution in [2.75, 3.05) is 12.3 Å². The molecule has 0 radical (unpaired) electrons. The van der Waals surface area contributed by atoms with Crippen molar-refractivity contribution in [1.82, 2.24) is 14.1 Å². The molecule has 0 spiro atoms. The van der Waals surface area contributed by atoms with Crippen molar-refractivity contribution < 1.29 is 8.42 Å². The maximum absolute atomic E-state index is 12.7. The molecule has 4 rings (SSSR count). The van der Waals surface area contributed by atoms with E-state index in [1.54, 1.807) is 30.1 Å². The molecule has 1 N–H and O–H groups in total. The SMILES string of the molecule is O=S(=O)(NCCCCSc1cccc2nccn12)c1cccc2ccccc12. The Bertz CT molecular complexity index is 1200. The topological polar surface area (TPSA) is 63.5 Å². The lowest BCUT2D eigenvalue weighted by Crippen LogP contribution is -2.25. The van der Waals surface area contributed by atoms with Crippen LogP contribution in [0.4, 0.5) is 0 Å². The summed E-state index contributed by atoms with van der Waals surface area (Å²) in [7, 11) is -3.52. The number of imidazole rings is 1. The number of thioether (sulfide) groups is 1. The third-order valence-corrected chi connectivity index (χ3v) is 7.18. The highest BCUT2D eigenvalue weighted by atomic mass is 32.2. The maximum atomic E-state index is 12.7. The van der Waals surface area contributed by atoms with Crippen LogP contribution in [0.25, 0.3) is 16.4 Å². The molecule has 0 aliphatic carbocycles. The second kappa shape index (κ2) is 8.34. The van der Waals surface area contributed by atoms with E-state index in [4.69, 9.17) is 0 Å². The van der Waals surface area contributed by atoms with Crippen LogP contribution in [0.15, 0.2) is 83.0 Å². The van der Waals surface area contributed by atoms with Gasteiger partial charge in [0, 0.05) is 24.3 Å². The number of nitrogens with one attached hydrogen (secondary N) is 1. The highest BCUT2D eigenvalue weighted by Crippen LogP contribution is 2.23. The van der Waals surface area contributed by atoms with Crippen LogP contribution in [0.1, 0.15) is 12.8 Å². The van der Waals surface area contributed by atoms with Gasteiger partial charge in [-0.25, -0.2) is 18.1 Å². The lowest BCUT2D eigenvalue weighted by atomic mass is 10.1. The highest BCUT2D eigenvalue weighted by molar-refractivity contribution is 7.99. The summed E-state index contributed by atoms with van der Waals surface area (Å²) in [5.74, 6) is 0.924. The van der Waals surface area contributed by atoms with Crippen molar-refractivity contribution >= 4 is 38.2 Å². The molecule has 2 aromatic heterocycles. The van der Waals surface area contributed by atoms with E-state index in [1.807, 2.05) is 48.7 Å². The molecule has 144 valence electrons. The van der Waals surface area contributed by atoms with Gasteiger partial charge in [-0.15, -0.1) is 11.8 Å². The normalized spacial score (nSPS) is 12.0. The quantitative estimate of drug-likeness (QED) is 0.346. The van der Waals surface area contributed by atoms with Gasteiger partial charge in [-0.3, -0.25) is 4.40 Å². The van der Waals surface area contributed by atoms with Crippen LogP contribution >= 0.6 is 11.8 Å². The van der Waals surface area contributed by atoms with Gasteiger partial charge in [0.1, 0.15) is 5.65 Å². The molecule has 7 heteroatoms. The van der Waals surface area contributed by atoms with Crippen LogP contribution in [0, 0.1) is 0 Å². The summed E-state index contributed by atoms with van der Waals surface area (Å²) in [4.78, 5) is 4.63. The van der Waals surface area contributed by atoms with Gasteiger partial charge in [0.2, 0.25) is 10.0 Å². The number of unbranched alkanes of at least 4 members (excludes halogenated alkanes) is 1. The van der Waals surface area contributed by atoms with Crippen LogP contribution < -0.4 is 4.72 Å². The molecule has 0 aliphatic heterocycles. The number of hydrogen-bond donors (Lipinski definition) is 1. The molecule has 5 nitrogen and oxygen atoms in total. The first-order chi connectivity index (χ1) is 13.6. The van der Waals surface area contributed by atoms with Crippen molar-refractivity contribution in [2.45, 2.75) is 22.8 Å². The molecule has 0 atom stereocenters. The summed E-state index contributed by atoms with van der Waals surface area (Å²) in [5, 5.41) is 2.82. The van der Waals surface area contributed by atoms with E-state index < -0.39 is 10.0 Å². The molecule has 28 heavy (non-hydrogen) atoms. The van der Waals surface area contributed by atoms with Crippen molar-refractivity contribution in [1.29, 1.82) is 0 Å². The van der Waals surface area contributed by atoms with E-state index in [0.717, 1.165) is 40.0 Å². The van der Waals surface area contributed by atoms with Crippen LogP contribution in [-0.2, 0) is 10.0 Å². The maximum Gasteiger partial charge on any atom is 0.241 e. The first-order valence-electron chi connectivity index (χ1n) is 9.17. The first-order valence-corrected chi connectivity index (χ1v) is 11.6. The molecule has 0 fully saturated rings. The zero-order valence-corrected chi connectivity index (χ0v) is 16.9. The molecule has 0 bridgehead atoms. The minimum atomic E-state index is -3.52. The van der Waals surface area contributed by atoms with Crippen LogP contribution in [-0.4, -0.2) is 30.1 Å². The summed E-state index contributed by atoms with van der Waals surface area (Å²) in [6, 6.07) is 19.0. The summed E-state index contributed by atoms with van der Waals surface area (Å²) in [5.41, 5.74) is 0.938. The Morgan fingerprint density at radius 3 is 2.71 bits per heavy atom. The third-order valence-electron chi connectivity index (χ3n) is 4.54. The van der Waals surface area contributed by atoms with E-state index in [2.05, 4.69) is 20.2 Å². The smallest absolute Gasteiger partial charge is 0.241 e. The average molecular weight is 412 g/mol. The number of hydrogen-bond acceptors (Lipinski definition) is 4. The van der Waals surface area contributed by atoms with E-state index in [0.29, 0.717) is 11.4 Å². The van der Waals surface area contributed by atoms with Gasteiger partial charge in [-0.2, -0.15) is 0 Å². The first kappa shape index (κ1) is 19.0. The molecule has 2 heterocycles. The van der Waals surface area contributed by atoms with E-state index in [9.17, 15) is 8.42 Å². The standard InChI is InChI=1S/C21H21N3O2S2/c25-28(26,19-10-5-8-17-7-1-2-9-18(17)19)23-13-3-4-16-27-21-12-6-11-20-22-14-15-24(20)21/h1-2,5-12,14-15,23H,3-4,13,16H2. The molecular formula is C21H21N3O2S2. The van der Waals surface area contributed by atoms with Gasteiger partial charge in [0.25, 0.3) is 0 Å². The molecule has 0 saturated carbocycles. The largest absolute Gasteiger partial charge is 0.294 e. The molecular weight excluding hydrogens is 390 g/mol. The number of pyridine rings is 1. The lowest BCUT2D eigenvalue weighted by Gasteiger charge is -2.10. The Kier molecular flexibility index (Phi) is 5.66. The van der Waals surface area contributed by atoms with Crippen LogP contribution in [0.3, 0.4) is 0 Å². The zero-order chi connectivity index (χ0) is 19.4. The predicted molar refractivity (Wildman–Crippen MR) is 114 cm³/mol. The lowest BCUT2D eigenvalue weighted by molar-refractivity contribution is 0.579. The number of sulfonamides is 1. The van der Waals surface area contributed by atoms with Crippen molar-refractivity contribution in [2.24, 2.45) is 0 Å². The number of aromatic nitrogens is 2. The second-order valence-corrected chi connectivity index (χ2v) is 9.30. The Morgan fingerprint density at radius 2 is 1.79 bits per heavy atom. The fourth-order valence-electron chi connectivity index (χ4n) is 3.16. The van der Waals surface area contributed by atoms with Gasteiger partial charge in [-0.05, 0) is 42.2 Å². The van der Waals surface area contributed by atoms with Gasteiger partial charge in [0.15, 0.2) is 0 Å². The van der Waals surface area contributed by atoms with E-state index >= 15 is 0 Å². The van der Waals surface area contributed by atoms with Crippen LogP contribution in [0.2, 0.25) is 0 Å². The van der Waals surface area contributed by atoms with Gasteiger partial charge in [0.05, 0.1) is 9.92 Å². The Hall–Kier alpha value is -2.35. The molecule has 0 amide bonds. The highest BCUT2D eigenvalue weighted by Gasteiger charge is 2.16. The molecule has 2 aromatic carbocycles. The fraction of sp³-hybridized carbons (Fsp3) is 0.190. The zero-order valence-electron chi connectivity index (χ0n) is 15.3. The van der Waals surface area contributed by atoms with Gasteiger partial charge < -0.3 is 0 Å². The van der Waals surface area contributed by atoms with Gasteiger partial charge in [-0.1, -0.05) is 42.5 Å². The second-order valence-electron chi connectivity index (χ2n) is 6.45. The summed E-state index contributed by atoms with van der Waals surface area (Å²) < 4.78 is 30.2. The Balaban J connectivity index is 1.30. The Morgan fingerprint density at radius 1 is 0.964 bits per heavy atom. The summed E-state index contributed by atoms with van der Waals surface area (Å²) in [6.07, 6.45) is 5.46. The van der Waals surface area contributed by atoms with Crippen molar-refractivity contribution in [3.8, 4) is 0 Å². The number of nitrogens with zero attached hydrogens (tertiary/aromatic N) is 2. The monoisotopic (exact) mass is 411 g/mol. The molecule has 0 unspecified atom stereocenters. The molecule has 4 aromatic rings. The van der Waals surface area contributed by atoms with E-state index in [1.165, 1.54) is 0 Å². The average Bonchev–Trinajstić information content (AvgIpc) is 3.19.